The third kappa shape index (κ3) is 8.14. The van der Waals surface area contributed by atoms with Crippen LogP contribution in [0.25, 0.3) is 0 Å². The zero-order chi connectivity index (χ0) is 30.9. The minimum Gasteiger partial charge on any atom is -0.489 e. The van der Waals surface area contributed by atoms with Crippen molar-refractivity contribution >= 4 is 35.2 Å². The third-order valence-electron chi connectivity index (χ3n) is 7.28. The van der Waals surface area contributed by atoms with Gasteiger partial charge in [0.15, 0.2) is 0 Å². The van der Waals surface area contributed by atoms with E-state index in [-0.39, 0.29) is 34.6 Å². The Hall–Kier alpha value is -4.82. The van der Waals surface area contributed by atoms with Crippen molar-refractivity contribution in [3.63, 3.8) is 0 Å². The number of hydrogen-bond donors (Lipinski definition) is 3. The lowest BCUT2D eigenvalue weighted by Gasteiger charge is -2.20. The van der Waals surface area contributed by atoms with Gasteiger partial charge >= 0.3 is 17.9 Å². The second-order valence-corrected chi connectivity index (χ2v) is 10.5. The molecule has 0 radical (unpaired) electrons. The molecule has 4 aromatic carbocycles. The van der Waals surface area contributed by atoms with Crippen molar-refractivity contribution in [3.05, 3.63) is 129 Å². The summed E-state index contributed by atoms with van der Waals surface area (Å²) < 4.78 is 11.0. The van der Waals surface area contributed by atoms with Gasteiger partial charge in [0, 0.05) is 22.7 Å². The van der Waals surface area contributed by atoms with E-state index >= 15 is 0 Å². The molecule has 3 N–H and O–H groups in total. The standard InChI is InChI=1S/C25H24ClNO3.C9H8O4/c1-29-25(28)15-22-21-14-20(30-16-18-5-3-2-4-6-18)11-12-23(21)27-24(22)13-17-7-9-19(26)10-8-17;1-5-6(8(10)11)3-2-4-7(5)9(12)13/h2-12,14,22,24,27H,13,15-16H2,1H3;2-4H,1H3,(H,10,11)(H,12,13). The average Bonchev–Trinajstić information content (AvgIpc) is 3.33. The van der Waals surface area contributed by atoms with Crippen molar-refractivity contribution in [2.75, 3.05) is 12.4 Å². The van der Waals surface area contributed by atoms with Crippen molar-refractivity contribution in [2.24, 2.45) is 0 Å². The highest BCUT2D eigenvalue weighted by Gasteiger charge is 2.34. The van der Waals surface area contributed by atoms with Gasteiger partial charge < -0.3 is 25.0 Å². The molecule has 0 bridgehead atoms. The number of halogens is 1. The van der Waals surface area contributed by atoms with E-state index in [1.54, 1.807) is 0 Å². The first-order chi connectivity index (χ1) is 20.7. The van der Waals surface area contributed by atoms with Crippen LogP contribution in [-0.4, -0.2) is 41.3 Å². The Morgan fingerprint density at radius 3 is 2.09 bits per heavy atom. The first kappa shape index (κ1) is 31.1. The van der Waals surface area contributed by atoms with Crippen LogP contribution in [0, 0.1) is 6.92 Å². The number of esters is 1. The van der Waals surface area contributed by atoms with Crippen LogP contribution in [0.3, 0.4) is 0 Å². The molecule has 222 valence electrons. The monoisotopic (exact) mass is 601 g/mol. The van der Waals surface area contributed by atoms with E-state index in [0.717, 1.165) is 29.0 Å². The van der Waals surface area contributed by atoms with Gasteiger partial charge in [-0.25, -0.2) is 9.59 Å². The lowest BCUT2D eigenvalue weighted by Crippen LogP contribution is -2.25. The number of fused-ring (bicyclic) bond motifs is 1. The van der Waals surface area contributed by atoms with E-state index in [1.807, 2.05) is 72.8 Å². The molecule has 0 amide bonds. The quantitative estimate of drug-likeness (QED) is 0.175. The van der Waals surface area contributed by atoms with Crippen LogP contribution in [0.2, 0.25) is 5.02 Å². The number of methoxy groups -OCH3 is 1. The largest absolute Gasteiger partial charge is 0.489 e. The molecule has 0 fully saturated rings. The molecule has 9 heteroatoms. The van der Waals surface area contributed by atoms with E-state index < -0.39 is 11.9 Å². The topological polar surface area (TPSA) is 122 Å². The van der Waals surface area contributed by atoms with Crippen LogP contribution < -0.4 is 10.1 Å². The highest BCUT2D eigenvalue weighted by molar-refractivity contribution is 6.30. The van der Waals surface area contributed by atoms with Crippen LogP contribution in [0.15, 0.2) is 91.0 Å². The van der Waals surface area contributed by atoms with Crippen molar-refractivity contribution in [3.8, 4) is 5.75 Å². The number of carboxylic acids is 2. The van der Waals surface area contributed by atoms with Gasteiger partial charge in [-0.1, -0.05) is 60.1 Å². The molecule has 0 aliphatic carbocycles. The number of benzene rings is 4. The van der Waals surface area contributed by atoms with Crippen molar-refractivity contribution < 1.29 is 34.1 Å². The maximum Gasteiger partial charge on any atom is 0.335 e. The molecule has 1 aliphatic heterocycles. The Morgan fingerprint density at radius 2 is 1.49 bits per heavy atom. The summed E-state index contributed by atoms with van der Waals surface area (Å²) in [7, 11) is 1.43. The highest BCUT2D eigenvalue weighted by atomic mass is 35.5. The normalized spacial score (nSPS) is 14.9. The molecule has 0 aromatic heterocycles. The first-order valence-electron chi connectivity index (χ1n) is 13.6. The number of hydrogen-bond acceptors (Lipinski definition) is 6. The zero-order valence-electron chi connectivity index (χ0n) is 23.7. The number of anilines is 1. The molecule has 43 heavy (non-hydrogen) atoms. The average molecular weight is 602 g/mol. The predicted octanol–water partition coefficient (Wildman–Crippen LogP) is 6.99. The summed E-state index contributed by atoms with van der Waals surface area (Å²) in [6.45, 7) is 1.98. The molecule has 8 nitrogen and oxygen atoms in total. The SMILES string of the molecule is COC(=O)CC1c2cc(OCc3ccccc3)ccc2NC1Cc1ccc(Cl)cc1.Cc1c(C(=O)O)cccc1C(=O)O. The molecule has 2 atom stereocenters. The highest BCUT2D eigenvalue weighted by Crippen LogP contribution is 2.41. The Bertz CT molecular complexity index is 1560. The molecule has 4 aromatic rings. The lowest BCUT2D eigenvalue weighted by molar-refractivity contribution is -0.141. The third-order valence-corrected chi connectivity index (χ3v) is 7.53. The number of nitrogens with one attached hydrogen (secondary N) is 1. The van der Waals surface area contributed by atoms with E-state index in [1.165, 1.54) is 37.8 Å². The summed E-state index contributed by atoms with van der Waals surface area (Å²) in [6.07, 6.45) is 1.10. The Kier molecular flexibility index (Phi) is 10.4. The number of carbonyl (C=O) groups is 3. The van der Waals surface area contributed by atoms with Crippen LogP contribution in [-0.2, 0) is 22.6 Å². The maximum absolute atomic E-state index is 12.1. The molecular formula is C34H32ClNO7. The van der Waals surface area contributed by atoms with Crippen LogP contribution in [0.1, 0.15) is 55.3 Å². The Labute approximate surface area is 254 Å². The molecule has 0 saturated carbocycles. The molecule has 2 unspecified atom stereocenters. The van der Waals surface area contributed by atoms with Gasteiger partial charge in [-0.05, 0) is 78.1 Å². The smallest absolute Gasteiger partial charge is 0.335 e. The number of ether oxygens (including phenoxy) is 2. The van der Waals surface area contributed by atoms with E-state index in [2.05, 4.69) is 5.32 Å². The zero-order valence-corrected chi connectivity index (χ0v) is 24.5. The second kappa shape index (κ2) is 14.4. The van der Waals surface area contributed by atoms with Gasteiger partial charge in [-0.3, -0.25) is 4.79 Å². The molecule has 1 heterocycles. The second-order valence-electron chi connectivity index (χ2n) is 10.1. The van der Waals surface area contributed by atoms with Crippen LogP contribution >= 0.6 is 11.6 Å². The fraction of sp³-hybridized carbons (Fsp3) is 0.206. The van der Waals surface area contributed by atoms with E-state index in [0.29, 0.717) is 18.1 Å². The fourth-order valence-electron chi connectivity index (χ4n) is 5.01. The van der Waals surface area contributed by atoms with E-state index in [9.17, 15) is 14.4 Å². The summed E-state index contributed by atoms with van der Waals surface area (Å²) in [4.78, 5) is 33.3. The Morgan fingerprint density at radius 1 is 0.837 bits per heavy atom. The van der Waals surface area contributed by atoms with Gasteiger partial charge in [0.1, 0.15) is 12.4 Å². The van der Waals surface area contributed by atoms with Crippen LogP contribution in [0.4, 0.5) is 5.69 Å². The summed E-state index contributed by atoms with van der Waals surface area (Å²) in [5, 5.41) is 21.7. The lowest BCUT2D eigenvalue weighted by atomic mass is 9.88. The minimum absolute atomic E-state index is 0.00315. The molecule has 0 spiro atoms. The van der Waals surface area contributed by atoms with Gasteiger partial charge in [-0.15, -0.1) is 0 Å². The molecular weight excluding hydrogens is 570 g/mol. The predicted molar refractivity (Wildman–Crippen MR) is 164 cm³/mol. The first-order valence-corrected chi connectivity index (χ1v) is 14.0. The summed E-state index contributed by atoms with van der Waals surface area (Å²) in [5.74, 6) is -1.64. The van der Waals surface area contributed by atoms with Crippen molar-refractivity contribution in [1.29, 1.82) is 0 Å². The maximum atomic E-state index is 12.1. The summed E-state index contributed by atoms with van der Waals surface area (Å²) in [6, 6.07) is 28.2. The van der Waals surface area contributed by atoms with Crippen LogP contribution in [0.5, 0.6) is 5.75 Å². The number of carboxylic acid groups (broad SMARTS) is 2. The number of carbonyl (C=O) groups excluding carboxylic acids is 1. The number of aromatic carboxylic acids is 2. The van der Waals surface area contributed by atoms with E-state index in [4.69, 9.17) is 31.3 Å². The molecule has 5 rings (SSSR count). The number of rotatable bonds is 9. The molecule has 0 saturated heterocycles. The van der Waals surface area contributed by atoms with Crippen molar-refractivity contribution in [2.45, 2.75) is 38.3 Å². The van der Waals surface area contributed by atoms with Crippen molar-refractivity contribution in [1.82, 2.24) is 0 Å². The van der Waals surface area contributed by atoms with Gasteiger partial charge in [-0.2, -0.15) is 0 Å². The summed E-state index contributed by atoms with van der Waals surface area (Å²) >= 11 is 6.02. The minimum atomic E-state index is -1.11. The van der Waals surface area contributed by atoms with Gasteiger partial charge in [0.05, 0.1) is 24.7 Å². The van der Waals surface area contributed by atoms with Gasteiger partial charge in [0.25, 0.3) is 0 Å². The fourth-order valence-corrected chi connectivity index (χ4v) is 5.13. The molecule has 1 aliphatic rings. The summed E-state index contributed by atoms with van der Waals surface area (Å²) in [5.41, 5.74) is 4.74. The van der Waals surface area contributed by atoms with Gasteiger partial charge in [0.2, 0.25) is 0 Å². The Balaban J connectivity index is 0.000000273.